The van der Waals surface area contributed by atoms with Gasteiger partial charge in [0.1, 0.15) is 6.61 Å². The lowest BCUT2D eigenvalue weighted by molar-refractivity contribution is 0.350. The molecule has 0 aromatic heterocycles. The molecule has 2 atom stereocenters. The first kappa shape index (κ1) is 13.1. The van der Waals surface area contributed by atoms with Gasteiger partial charge in [-0.2, -0.15) is 0 Å². The lowest BCUT2D eigenvalue weighted by Gasteiger charge is -2.06. The van der Waals surface area contributed by atoms with Crippen molar-refractivity contribution in [2.75, 3.05) is 6.61 Å². The second-order valence-electron chi connectivity index (χ2n) is 4.43. The lowest BCUT2D eigenvalue weighted by atomic mass is 10.2. The molecule has 2 N–H and O–H groups in total. The largest absolute Gasteiger partial charge is 0.384 e. The van der Waals surface area contributed by atoms with Gasteiger partial charge in [0.2, 0.25) is 10.0 Å². The first-order valence-corrected chi connectivity index (χ1v) is 7.23. The number of hydrogen-bond acceptors (Lipinski definition) is 3. The fourth-order valence-corrected chi connectivity index (χ4v) is 3.04. The third-order valence-corrected chi connectivity index (χ3v) is 4.36. The van der Waals surface area contributed by atoms with Crippen LogP contribution < -0.4 is 4.72 Å². The summed E-state index contributed by atoms with van der Waals surface area (Å²) in [5.41, 5.74) is 0.579. The molecular weight excluding hydrogens is 250 g/mol. The summed E-state index contributed by atoms with van der Waals surface area (Å²) >= 11 is 0. The van der Waals surface area contributed by atoms with Crippen molar-refractivity contribution in [3.05, 3.63) is 29.8 Å². The Labute approximate surface area is 107 Å². The van der Waals surface area contributed by atoms with Crippen LogP contribution in [0.5, 0.6) is 0 Å². The molecule has 0 radical (unpaired) electrons. The van der Waals surface area contributed by atoms with Crippen LogP contribution in [0.1, 0.15) is 18.9 Å². The van der Waals surface area contributed by atoms with Crippen LogP contribution >= 0.6 is 0 Å². The second kappa shape index (κ2) is 5.11. The minimum absolute atomic E-state index is 0.0576. The van der Waals surface area contributed by atoms with Crippen molar-refractivity contribution in [3.63, 3.8) is 0 Å². The number of rotatable bonds is 3. The maximum absolute atomic E-state index is 12.0. The van der Waals surface area contributed by atoms with Gasteiger partial charge in [-0.15, -0.1) is 0 Å². The zero-order valence-electron chi connectivity index (χ0n) is 10.1. The van der Waals surface area contributed by atoms with Gasteiger partial charge < -0.3 is 5.11 Å². The van der Waals surface area contributed by atoms with Crippen molar-refractivity contribution >= 4 is 10.0 Å². The van der Waals surface area contributed by atoms with Crippen LogP contribution in [0.25, 0.3) is 0 Å². The number of aliphatic hydroxyl groups is 1. The zero-order chi connectivity index (χ0) is 13.2. The SMILES string of the molecule is CC1CC1NS(=O)(=O)c1cccc(C#CCO)c1. The summed E-state index contributed by atoms with van der Waals surface area (Å²) in [6.45, 7) is 1.77. The molecule has 0 heterocycles. The van der Waals surface area contributed by atoms with Crippen LogP contribution in [0.2, 0.25) is 0 Å². The van der Waals surface area contributed by atoms with E-state index in [0.717, 1.165) is 6.42 Å². The number of sulfonamides is 1. The lowest BCUT2D eigenvalue weighted by Crippen LogP contribution is -2.26. The van der Waals surface area contributed by atoms with Crippen LogP contribution in [0.3, 0.4) is 0 Å². The van der Waals surface area contributed by atoms with Crippen LogP contribution in [0, 0.1) is 17.8 Å². The van der Waals surface area contributed by atoms with Crippen LogP contribution in [0.15, 0.2) is 29.2 Å². The van der Waals surface area contributed by atoms with Crippen molar-refractivity contribution in [3.8, 4) is 11.8 Å². The van der Waals surface area contributed by atoms with Crippen molar-refractivity contribution < 1.29 is 13.5 Å². The Balaban J connectivity index is 2.21. The fourth-order valence-electron chi connectivity index (χ4n) is 1.64. The molecule has 0 amide bonds. The molecule has 1 aliphatic rings. The number of aliphatic hydroxyl groups excluding tert-OH is 1. The van der Waals surface area contributed by atoms with E-state index in [-0.39, 0.29) is 17.5 Å². The highest BCUT2D eigenvalue weighted by Gasteiger charge is 2.36. The molecule has 18 heavy (non-hydrogen) atoms. The van der Waals surface area contributed by atoms with E-state index in [1.165, 1.54) is 6.07 Å². The maximum Gasteiger partial charge on any atom is 0.240 e. The van der Waals surface area contributed by atoms with Crippen LogP contribution in [-0.4, -0.2) is 26.2 Å². The van der Waals surface area contributed by atoms with E-state index in [4.69, 9.17) is 5.11 Å². The monoisotopic (exact) mass is 265 g/mol. The molecule has 96 valence electrons. The predicted molar refractivity (Wildman–Crippen MR) is 68.3 cm³/mol. The summed E-state index contributed by atoms with van der Waals surface area (Å²) in [6.07, 6.45) is 0.892. The molecule has 2 rings (SSSR count). The summed E-state index contributed by atoms with van der Waals surface area (Å²) in [6, 6.07) is 6.47. The van der Waals surface area contributed by atoms with E-state index in [1.54, 1.807) is 18.2 Å². The topological polar surface area (TPSA) is 66.4 Å². The minimum Gasteiger partial charge on any atom is -0.384 e. The molecule has 0 bridgehead atoms. The molecule has 1 fully saturated rings. The van der Waals surface area contributed by atoms with Gasteiger partial charge in [0.15, 0.2) is 0 Å². The highest BCUT2D eigenvalue weighted by Crippen LogP contribution is 2.30. The van der Waals surface area contributed by atoms with Gasteiger partial charge in [0.05, 0.1) is 4.90 Å². The van der Waals surface area contributed by atoms with Gasteiger partial charge in [0, 0.05) is 11.6 Å². The quantitative estimate of drug-likeness (QED) is 0.791. The first-order valence-electron chi connectivity index (χ1n) is 5.75. The number of hydrogen-bond donors (Lipinski definition) is 2. The average molecular weight is 265 g/mol. The Morgan fingerprint density at radius 2 is 2.22 bits per heavy atom. The first-order chi connectivity index (χ1) is 8.53. The second-order valence-corrected chi connectivity index (χ2v) is 6.14. The molecule has 0 aliphatic heterocycles. The summed E-state index contributed by atoms with van der Waals surface area (Å²) in [7, 11) is -3.46. The van der Waals surface area contributed by atoms with Gasteiger partial charge >= 0.3 is 0 Å². The minimum atomic E-state index is -3.46. The van der Waals surface area contributed by atoms with Gasteiger partial charge in [-0.1, -0.05) is 24.8 Å². The normalized spacial score (nSPS) is 22.1. The average Bonchev–Trinajstić information content (AvgIpc) is 3.02. The Bertz CT molecular complexity index is 598. The molecular formula is C13H15NO3S. The van der Waals surface area contributed by atoms with Gasteiger partial charge in [-0.05, 0) is 30.5 Å². The Hall–Kier alpha value is -1.35. The van der Waals surface area contributed by atoms with Gasteiger partial charge in [0.25, 0.3) is 0 Å². The van der Waals surface area contributed by atoms with E-state index < -0.39 is 10.0 Å². The standard InChI is InChI=1S/C13H15NO3S/c1-10-8-13(10)14-18(16,17)12-6-2-4-11(9-12)5-3-7-15/h2,4,6,9-10,13-15H,7-8H2,1H3. The van der Waals surface area contributed by atoms with Crippen LogP contribution in [0.4, 0.5) is 0 Å². The van der Waals surface area contributed by atoms with Crippen LogP contribution in [-0.2, 0) is 10.0 Å². The summed E-state index contributed by atoms with van der Waals surface area (Å²) in [5, 5.41) is 8.61. The zero-order valence-corrected chi connectivity index (χ0v) is 10.9. The maximum atomic E-state index is 12.0. The van der Waals surface area contributed by atoms with E-state index in [1.807, 2.05) is 6.92 Å². The summed E-state index contributed by atoms with van der Waals surface area (Å²) in [5.74, 6) is 5.60. The van der Waals surface area contributed by atoms with E-state index in [2.05, 4.69) is 16.6 Å². The molecule has 4 nitrogen and oxygen atoms in total. The Kier molecular flexibility index (Phi) is 3.71. The summed E-state index contributed by atoms with van der Waals surface area (Å²) < 4.78 is 26.7. The van der Waals surface area contributed by atoms with Crippen molar-refractivity contribution in [2.45, 2.75) is 24.3 Å². The van der Waals surface area contributed by atoms with E-state index >= 15 is 0 Å². The summed E-state index contributed by atoms with van der Waals surface area (Å²) in [4.78, 5) is 0.214. The van der Waals surface area contributed by atoms with Crippen molar-refractivity contribution in [1.29, 1.82) is 0 Å². The number of benzene rings is 1. The van der Waals surface area contributed by atoms with Crippen molar-refractivity contribution in [2.24, 2.45) is 5.92 Å². The fraction of sp³-hybridized carbons (Fsp3) is 0.385. The van der Waals surface area contributed by atoms with Gasteiger partial charge in [-0.3, -0.25) is 0 Å². The molecule has 1 aliphatic carbocycles. The predicted octanol–water partition coefficient (Wildman–Crippen LogP) is 0.717. The van der Waals surface area contributed by atoms with Gasteiger partial charge in [-0.25, -0.2) is 13.1 Å². The number of nitrogens with one attached hydrogen (secondary N) is 1. The van der Waals surface area contributed by atoms with Crippen molar-refractivity contribution in [1.82, 2.24) is 4.72 Å². The molecule has 0 saturated heterocycles. The van der Waals surface area contributed by atoms with E-state index in [9.17, 15) is 8.42 Å². The third kappa shape index (κ3) is 3.10. The van der Waals surface area contributed by atoms with E-state index in [0.29, 0.717) is 11.5 Å². The molecule has 1 saturated carbocycles. The third-order valence-electron chi connectivity index (χ3n) is 2.87. The molecule has 1 aromatic carbocycles. The molecule has 1 aromatic rings. The molecule has 5 heteroatoms. The highest BCUT2D eigenvalue weighted by molar-refractivity contribution is 7.89. The Morgan fingerprint density at radius 1 is 1.50 bits per heavy atom. The molecule has 0 spiro atoms. The molecule has 2 unspecified atom stereocenters. The smallest absolute Gasteiger partial charge is 0.240 e. The highest BCUT2D eigenvalue weighted by atomic mass is 32.2. The Morgan fingerprint density at radius 3 is 2.83 bits per heavy atom.